The molecule has 1 aromatic heterocycles. The Morgan fingerprint density at radius 3 is 2.33 bits per heavy atom. The van der Waals surface area contributed by atoms with E-state index in [0.29, 0.717) is 0 Å². The molecule has 1 heterocycles. The van der Waals surface area contributed by atoms with E-state index in [9.17, 15) is 18.0 Å². The van der Waals surface area contributed by atoms with Gasteiger partial charge in [0.15, 0.2) is 15.6 Å². The van der Waals surface area contributed by atoms with E-state index in [-0.39, 0.29) is 34.4 Å². The van der Waals surface area contributed by atoms with Crippen molar-refractivity contribution < 1.29 is 27.2 Å². The van der Waals surface area contributed by atoms with Crippen LogP contribution in [-0.4, -0.2) is 26.8 Å². The predicted octanol–water partition coefficient (Wildman–Crippen LogP) is 2.94. The highest BCUT2D eigenvalue weighted by Gasteiger charge is 2.25. The number of aryl methyl sites for hydroxylation is 1. The molecule has 6 nitrogen and oxygen atoms in total. The highest BCUT2D eigenvalue weighted by Crippen LogP contribution is 2.23. The Hall–Kier alpha value is -2.41. The number of ketones is 1. The van der Waals surface area contributed by atoms with E-state index in [1.807, 2.05) is 6.92 Å². The number of furan rings is 1. The fraction of sp³-hybridized carbons (Fsp3) is 0.294. The van der Waals surface area contributed by atoms with Crippen LogP contribution in [0.25, 0.3) is 0 Å². The van der Waals surface area contributed by atoms with Gasteiger partial charge in [0.1, 0.15) is 11.5 Å². The third-order valence-electron chi connectivity index (χ3n) is 3.37. The van der Waals surface area contributed by atoms with Crippen LogP contribution in [-0.2, 0) is 20.3 Å². The summed E-state index contributed by atoms with van der Waals surface area (Å²) < 4.78 is 35.1. The number of carbonyl (C=O) groups is 2. The zero-order chi connectivity index (χ0) is 17.9. The Morgan fingerprint density at radius 2 is 1.79 bits per heavy atom. The first kappa shape index (κ1) is 17.9. The zero-order valence-electron chi connectivity index (χ0n) is 13.7. The van der Waals surface area contributed by atoms with Gasteiger partial charge in [0, 0.05) is 6.07 Å². The lowest BCUT2D eigenvalue weighted by Crippen LogP contribution is -2.07. The maximum absolute atomic E-state index is 12.5. The van der Waals surface area contributed by atoms with Crippen molar-refractivity contribution >= 4 is 21.6 Å². The lowest BCUT2D eigenvalue weighted by atomic mass is 10.2. The average molecular weight is 350 g/mol. The first-order chi connectivity index (χ1) is 11.2. The summed E-state index contributed by atoms with van der Waals surface area (Å²) in [7, 11) is -3.71. The topological polar surface area (TPSA) is 90.7 Å². The smallest absolute Gasteiger partial charge is 0.374 e. The van der Waals surface area contributed by atoms with Gasteiger partial charge in [-0.2, -0.15) is 0 Å². The van der Waals surface area contributed by atoms with Crippen LogP contribution in [0.15, 0.2) is 39.6 Å². The van der Waals surface area contributed by atoms with Crippen LogP contribution in [0.4, 0.5) is 0 Å². The first-order valence-electron chi connectivity index (χ1n) is 7.34. The van der Waals surface area contributed by atoms with E-state index < -0.39 is 21.6 Å². The molecule has 0 bridgehead atoms. The molecule has 0 unspecified atom stereocenters. The third kappa shape index (κ3) is 3.91. The van der Waals surface area contributed by atoms with Crippen molar-refractivity contribution in [2.24, 2.45) is 0 Å². The molecule has 0 aliphatic heterocycles. The molecule has 0 fully saturated rings. The Bertz CT molecular complexity index is 859. The molecular formula is C17H18O6S. The largest absolute Gasteiger partial charge is 0.460 e. The first-order valence-corrected chi connectivity index (χ1v) is 9.00. The molecule has 0 spiro atoms. The number of sulfone groups is 1. The molecule has 2 rings (SSSR count). The summed E-state index contributed by atoms with van der Waals surface area (Å²) in [6.07, 6.45) is 0. The van der Waals surface area contributed by atoms with Crippen LogP contribution in [0, 0.1) is 6.92 Å². The molecule has 24 heavy (non-hydrogen) atoms. The molecule has 0 saturated heterocycles. The van der Waals surface area contributed by atoms with Crippen LogP contribution in [0.5, 0.6) is 0 Å². The zero-order valence-corrected chi connectivity index (χ0v) is 14.5. The summed E-state index contributed by atoms with van der Waals surface area (Å²) in [6, 6.07) is 7.58. The van der Waals surface area contributed by atoms with Crippen LogP contribution in [0.2, 0.25) is 0 Å². The normalized spacial score (nSPS) is 11.3. The van der Waals surface area contributed by atoms with Gasteiger partial charge in [0.2, 0.25) is 5.76 Å². The van der Waals surface area contributed by atoms with E-state index in [1.54, 1.807) is 19.1 Å². The highest BCUT2D eigenvalue weighted by atomic mass is 32.2. The molecular weight excluding hydrogens is 332 g/mol. The van der Waals surface area contributed by atoms with Crippen molar-refractivity contribution in [3.63, 3.8) is 0 Å². The van der Waals surface area contributed by atoms with Gasteiger partial charge in [-0.1, -0.05) is 17.7 Å². The SMILES string of the molecule is CCOC(=O)c1cc(C(C)=O)c(CS(=O)(=O)c2ccc(C)cc2)o1. The summed E-state index contributed by atoms with van der Waals surface area (Å²) in [5.74, 6) is -1.88. The fourth-order valence-corrected chi connectivity index (χ4v) is 3.42. The second-order valence-electron chi connectivity index (χ2n) is 5.30. The number of Topliss-reactive ketones (excluding diaryl/α,β-unsaturated/α-hetero) is 1. The maximum Gasteiger partial charge on any atom is 0.374 e. The van der Waals surface area contributed by atoms with Crippen molar-refractivity contribution in [3.05, 3.63) is 53.0 Å². The van der Waals surface area contributed by atoms with E-state index in [4.69, 9.17) is 9.15 Å². The number of rotatable bonds is 6. The number of carbonyl (C=O) groups excluding carboxylic acids is 2. The highest BCUT2D eigenvalue weighted by molar-refractivity contribution is 7.90. The van der Waals surface area contributed by atoms with Gasteiger partial charge in [-0.3, -0.25) is 4.79 Å². The number of benzene rings is 1. The number of hydrogen-bond acceptors (Lipinski definition) is 6. The molecule has 0 atom stereocenters. The fourth-order valence-electron chi connectivity index (χ4n) is 2.14. The molecule has 0 N–H and O–H groups in total. The molecule has 0 amide bonds. The minimum atomic E-state index is -3.71. The van der Waals surface area contributed by atoms with Crippen LogP contribution >= 0.6 is 0 Å². The van der Waals surface area contributed by atoms with Gasteiger partial charge in [0.25, 0.3) is 0 Å². The standard InChI is InChI=1S/C17H18O6S/c1-4-22-17(19)15-9-14(12(3)18)16(23-15)10-24(20,21)13-7-5-11(2)6-8-13/h5-9H,4,10H2,1-3H3. The van der Waals surface area contributed by atoms with Crippen LogP contribution < -0.4 is 0 Å². The number of esters is 1. The van der Waals surface area contributed by atoms with E-state index in [0.717, 1.165) is 5.56 Å². The van der Waals surface area contributed by atoms with E-state index in [2.05, 4.69) is 0 Å². The number of hydrogen-bond donors (Lipinski definition) is 0. The average Bonchev–Trinajstić information content (AvgIpc) is 2.91. The van der Waals surface area contributed by atoms with Gasteiger partial charge in [-0.15, -0.1) is 0 Å². The van der Waals surface area contributed by atoms with Gasteiger partial charge < -0.3 is 9.15 Å². The van der Waals surface area contributed by atoms with Crippen molar-refractivity contribution in [2.45, 2.75) is 31.4 Å². The van der Waals surface area contributed by atoms with Gasteiger partial charge in [-0.05, 0) is 32.9 Å². The lowest BCUT2D eigenvalue weighted by molar-refractivity contribution is 0.0488. The predicted molar refractivity (Wildman–Crippen MR) is 86.7 cm³/mol. The van der Waals surface area contributed by atoms with Gasteiger partial charge in [-0.25, -0.2) is 13.2 Å². The van der Waals surface area contributed by atoms with Crippen molar-refractivity contribution in [3.8, 4) is 0 Å². The molecule has 0 saturated carbocycles. The van der Waals surface area contributed by atoms with E-state index in [1.165, 1.54) is 25.1 Å². The molecule has 1 aromatic carbocycles. The van der Waals surface area contributed by atoms with Crippen molar-refractivity contribution in [2.75, 3.05) is 6.61 Å². The molecule has 0 aliphatic rings. The molecule has 0 aliphatic carbocycles. The van der Waals surface area contributed by atoms with Crippen molar-refractivity contribution in [1.29, 1.82) is 0 Å². The quantitative estimate of drug-likeness (QED) is 0.588. The Kier molecular flexibility index (Phi) is 5.23. The summed E-state index contributed by atoms with van der Waals surface area (Å²) in [5, 5.41) is 0. The van der Waals surface area contributed by atoms with Crippen LogP contribution in [0.3, 0.4) is 0 Å². The molecule has 0 radical (unpaired) electrons. The second-order valence-corrected chi connectivity index (χ2v) is 7.29. The minimum absolute atomic E-state index is 0.0636. The molecule has 7 heteroatoms. The summed E-state index contributed by atoms with van der Waals surface area (Å²) in [5.41, 5.74) is 0.995. The number of ether oxygens (including phenoxy) is 1. The lowest BCUT2D eigenvalue weighted by Gasteiger charge is -2.04. The van der Waals surface area contributed by atoms with Crippen LogP contribution in [0.1, 0.15) is 46.1 Å². The Morgan fingerprint density at radius 1 is 1.17 bits per heavy atom. The Balaban J connectivity index is 2.39. The van der Waals surface area contributed by atoms with E-state index >= 15 is 0 Å². The monoisotopic (exact) mass is 350 g/mol. The minimum Gasteiger partial charge on any atom is -0.460 e. The summed E-state index contributed by atoms with van der Waals surface area (Å²) >= 11 is 0. The van der Waals surface area contributed by atoms with Gasteiger partial charge >= 0.3 is 5.97 Å². The Labute approximate surface area is 140 Å². The summed E-state index contributed by atoms with van der Waals surface area (Å²) in [6.45, 7) is 4.91. The maximum atomic E-state index is 12.5. The molecule has 128 valence electrons. The second kappa shape index (κ2) is 7.00. The summed E-state index contributed by atoms with van der Waals surface area (Å²) in [4.78, 5) is 23.6. The van der Waals surface area contributed by atoms with Crippen molar-refractivity contribution in [1.82, 2.24) is 0 Å². The molecule has 2 aromatic rings. The van der Waals surface area contributed by atoms with Gasteiger partial charge in [0.05, 0.1) is 17.1 Å². The third-order valence-corrected chi connectivity index (χ3v) is 5.00.